The lowest BCUT2D eigenvalue weighted by Crippen LogP contribution is -2.06. The van der Waals surface area contributed by atoms with Gasteiger partial charge in [0.05, 0.1) is 22.1 Å². The number of alkyl halides is 2. The van der Waals surface area contributed by atoms with E-state index < -0.39 is 6.55 Å². The summed E-state index contributed by atoms with van der Waals surface area (Å²) < 4.78 is 28.4. The Morgan fingerprint density at radius 1 is 1.50 bits per heavy atom. The lowest BCUT2D eigenvalue weighted by molar-refractivity contribution is 0.0536. The lowest BCUT2D eigenvalue weighted by Gasteiger charge is -2.00. The second-order valence-corrected chi connectivity index (χ2v) is 4.91. The number of hydrogen-bond donors (Lipinski definition) is 0. The molecule has 0 bridgehead atoms. The molecule has 0 radical (unpaired) electrons. The number of rotatable bonds is 3. The molecule has 0 fully saturated rings. The molecule has 2 aromatic heterocycles. The van der Waals surface area contributed by atoms with Crippen LogP contribution in [0.25, 0.3) is 0 Å². The van der Waals surface area contributed by atoms with Crippen LogP contribution in [0.4, 0.5) is 8.78 Å². The Balaban J connectivity index is 2.23. The van der Waals surface area contributed by atoms with Crippen molar-refractivity contribution in [3.63, 3.8) is 0 Å². The standard InChI is InChI=1S/C8H6BrF2IN4/c9-6-3-5(14-16(6)8(10)11)4-15-7(12)1-2-13-15/h1-3,8H,4H2. The molecule has 0 saturated carbocycles. The monoisotopic (exact) mass is 402 g/mol. The molecule has 4 nitrogen and oxygen atoms in total. The average Bonchev–Trinajstić information content (AvgIpc) is 2.75. The number of halogens is 4. The lowest BCUT2D eigenvalue weighted by atomic mass is 10.4. The molecule has 0 aliphatic carbocycles. The minimum atomic E-state index is -2.64. The summed E-state index contributed by atoms with van der Waals surface area (Å²) >= 11 is 5.15. The van der Waals surface area contributed by atoms with E-state index in [9.17, 15) is 8.78 Å². The molecule has 0 unspecified atom stereocenters. The first-order valence-corrected chi connectivity index (χ1v) is 6.14. The van der Waals surface area contributed by atoms with E-state index in [1.54, 1.807) is 16.9 Å². The van der Waals surface area contributed by atoms with Crippen molar-refractivity contribution in [1.29, 1.82) is 0 Å². The minimum absolute atomic E-state index is 0.264. The molecule has 2 heterocycles. The van der Waals surface area contributed by atoms with Gasteiger partial charge in [-0.2, -0.15) is 23.7 Å². The summed E-state index contributed by atoms with van der Waals surface area (Å²) in [5.74, 6) is 0. The Labute approximate surface area is 112 Å². The molecule has 2 rings (SSSR count). The summed E-state index contributed by atoms with van der Waals surface area (Å²) in [6.07, 6.45) is 1.65. The van der Waals surface area contributed by atoms with Crippen molar-refractivity contribution in [3.8, 4) is 0 Å². The Hall–Kier alpha value is -0.510. The van der Waals surface area contributed by atoms with Crippen molar-refractivity contribution in [2.45, 2.75) is 13.1 Å². The molecule has 2 aromatic rings. The zero-order chi connectivity index (χ0) is 11.7. The summed E-state index contributed by atoms with van der Waals surface area (Å²) in [5.41, 5.74) is 0.536. The third-order valence-corrected chi connectivity index (χ3v) is 3.41. The molecular formula is C8H6BrF2IN4. The van der Waals surface area contributed by atoms with Gasteiger partial charge in [0.2, 0.25) is 0 Å². The second-order valence-electron chi connectivity index (χ2n) is 2.99. The van der Waals surface area contributed by atoms with Gasteiger partial charge in [0.15, 0.2) is 0 Å². The predicted molar refractivity (Wildman–Crippen MR) is 65.2 cm³/mol. The fraction of sp³-hybridized carbons (Fsp3) is 0.250. The average molecular weight is 403 g/mol. The molecule has 0 aromatic carbocycles. The number of nitrogens with zero attached hydrogens (tertiary/aromatic N) is 4. The molecule has 0 N–H and O–H groups in total. The predicted octanol–water partition coefficient (Wildman–Crippen LogP) is 2.89. The topological polar surface area (TPSA) is 35.6 Å². The van der Waals surface area contributed by atoms with Crippen LogP contribution in [-0.4, -0.2) is 19.6 Å². The van der Waals surface area contributed by atoms with E-state index in [1.165, 1.54) is 0 Å². The van der Waals surface area contributed by atoms with Crippen LogP contribution < -0.4 is 0 Å². The van der Waals surface area contributed by atoms with Crippen LogP contribution in [0, 0.1) is 3.70 Å². The highest BCUT2D eigenvalue weighted by atomic mass is 127. The van der Waals surface area contributed by atoms with Crippen molar-refractivity contribution in [1.82, 2.24) is 19.6 Å². The highest BCUT2D eigenvalue weighted by Crippen LogP contribution is 2.20. The van der Waals surface area contributed by atoms with Gasteiger partial charge in [0.1, 0.15) is 4.60 Å². The molecule has 86 valence electrons. The first-order valence-electron chi connectivity index (χ1n) is 4.27. The summed E-state index contributed by atoms with van der Waals surface area (Å²) in [7, 11) is 0. The number of hydrogen-bond acceptors (Lipinski definition) is 2. The highest BCUT2D eigenvalue weighted by molar-refractivity contribution is 14.1. The van der Waals surface area contributed by atoms with E-state index in [2.05, 4.69) is 48.7 Å². The van der Waals surface area contributed by atoms with E-state index in [0.29, 0.717) is 16.9 Å². The van der Waals surface area contributed by atoms with Gasteiger partial charge in [-0.05, 0) is 50.7 Å². The Bertz CT molecular complexity index is 496. The van der Waals surface area contributed by atoms with Crippen LogP contribution >= 0.6 is 38.5 Å². The fourth-order valence-electron chi connectivity index (χ4n) is 1.22. The van der Waals surface area contributed by atoms with Crippen LogP contribution in [-0.2, 0) is 6.54 Å². The normalized spacial score (nSPS) is 11.3. The van der Waals surface area contributed by atoms with E-state index in [4.69, 9.17) is 0 Å². The maximum Gasteiger partial charge on any atom is 0.334 e. The Morgan fingerprint density at radius 2 is 2.25 bits per heavy atom. The molecule has 0 amide bonds. The van der Waals surface area contributed by atoms with Crippen LogP contribution in [0.5, 0.6) is 0 Å². The third kappa shape index (κ3) is 2.42. The van der Waals surface area contributed by atoms with Crippen molar-refractivity contribution >= 4 is 38.5 Å². The molecule has 0 spiro atoms. The van der Waals surface area contributed by atoms with Gasteiger partial charge in [-0.25, -0.2) is 0 Å². The van der Waals surface area contributed by atoms with Crippen LogP contribution in [0.2, 0.25) is 0 Å². The van der Waals surface area contributed by atoms with Gasteiger partial charge in [-0.15, -0.1) is 0 Å². The molecule has 0 atom stereocenters. The van der Waals surface area contributed by atoms with Gasteiger partial charge in [-0.3, -0.25) is 4.68 Å². The van der Waals surface area contributed by atoms with Crippen molar-refractivity contribution in [3.05, 3.63) is 32.3 Å². The molecule has 8 heteroatoms. The van der Waals surface area contributed by atoms with Gasteiger partial charge in [0.25, 0.3) is 0 Å². The first-order chi connectivity index (χ1) is 7.58. The molecule has 0 aliphatic rings. The highest BCUT2D eigenvalue weighted by Gasteiger charge is 2.13. The van der Waals surface area contributed by atoms with E-state index >= 15 is 0 Å². The first kappa shape index (κ1) is 12.0. The van der Waals surface area contributed by atoms with Crippen molar-refractivity contribution in [2.24, 2.45) is 0 Å². The molecular weight excluding hydrogens is 397 g/mol. The van der Waals surface area contributed by atoms with Crippen LogP contribution in [0.15, 0.2) is 22.9 Å². The van der Waals surface area contributed by atoms with Crippen LogP contribution in [0.3, 0.4) is 0 Å². The van der Waals surface area contributed by atoms with Crippen molar-refractivity contribution < 1.29 is 8.78 Å². The zero-order valence-corrected chi connectivity index (χ0v) is 11.6. The smallest absolute Gasteiger partial charge is 0.253 e. The molecule has 0 saturated heterocycles. The van der Waals surface area contributed by atoms with E-state index in [1.807, 2.05) is 6.07 Å². The Morgan fingerprint density at radius 3 is 2.75 bits per heavy atom. The largest absolute Gasteiger partial charge is 0.334 e. The van der Waals surface area contributed by atoms with E-state index in [-0.39, 0.29) is 4.60 Å². The molecule has 0 aliphatic heterocycles. The SMILES string of the molecule is FC(F)n1nc(Cn2nccc2I)cc1Br. The Kier molecular flexibility index (Phi) is 3.57. The van der Waals surface area contributed by atoms with Gasteiger partial charge in [0, 0.05) is 0 Å². The summed E-state index contributed by atoms with van der Waals surface area (Å²) in [5, 5.41) is 7.83. The maximum absolute atomic E-state index is 12.4. The minimum Gasteiger partial charge on any atom is -0.253 e. The zero-order valence-electron chi connectivity index (χ0n) is 7.82. The summed E-state index contributed by atoms with van der Waals surface area (Å²) in [6, 6.07) is 3.39. The maximum atomic E-state index is 12.4. The second kappa shape index (κ2) is 4.78. The van der Waals surface area contributed by atoms with Gasteiger partial charge >= 0.3 is 6.55 Å². The number of aromatic nitrogens is 4. The van der Waals surface area contributed by atoms with E-state index in [0.717, 1.165) is 3.70 Å². The van der Waals surface area contributed by atoms with Crippen molar-refractivity contribution in [2.75, 3.05) is 0 Å². The quantitative estimate of drug-likeness (QED) is 0.740. The molecule has 16 heavy (non-hydrogen) atoms. The van der Waals surface area contributed by atoms with Crippen LogP contribution in [0.1, 0.15) is 12.2 Å². The fourth-order valence-corrected chi connectivity index (χ4v) is 2.17. The third-order valence-electron chi connectivity index (χ3n) is 1.90. The summed E-state index contributed by atoms with van der Waals surface area (Å²) in [6.45, 7) is -2.26. The summed E-state index contributed by atoms with van der Waals surface area (Å²) in [4.78, 5) is 0. The van der Waals surface area contributed by atoms with Gasteiger partial charge < -0.3 is 0 Å². The van der Waals surface area contributed by atoms with Gasteiger partial charge in [-0.1, -0.05) is 0 Å².